The summed E-state index contributed by atoms with van der Waals surface area (Å²) < 4.78 is 0. The summed E-state index contributed by atoms with van der Waals surface area (Å²) >= 11 is 0. The Labute approximate surface area is 163 Å². The standard InChI is InChI=1S/C21H36N4O2/c1-15(2)20(26)24-12-9-19-18(14-24)22-21(27)25(19)17-7-10-23(11-8-17)13-16-5-3-4-6-16/h15-19H,3-14H2,1-2H3,(H,22,27). The lowest BCUT2D eigenvalue weighted by molar-refractivity contribution is -0.136. The molecule has 0 aromatic carbocycles. The smallest absolute Gasteiger partial charge is 0.318 e. The molecule has 3 heterocycles. The highest BCUT2D eigenvalue weighted by atomic mass is 16.2. The summed E-state index contributed by atoms with van der Waals surface area (Å²) in [5, 5.41) is 3.18. The number of amides is 3. The summed E-state index contributed by atoms with van der Waals surface area (Å²) in [6.45, 7) is 8.87. The minimum atomic E-state index is 0.0268. The van der Waals surface area contributed by atoms with E-state index in [0.29, 0.717) is 12.6 Å². The average molecular weight is 377 g/mol. The molecule has 6 nitrogen and oxygen atoms in total. The lowest BCUT2D eigenvalue weighted by Crippen LogP contribution is -2.56. The zero-order valence-corrected chi connectivity index (χ0v) is 17.0. The van der Waals surface area contributed by atoms with Crippen LogP contribution in [0.4, 0.5) is 4.79 Å². The monoisotopic (exact) mass is 376 g/mol. The molecule has 0 aromatic heterocycles. The fourth-order valence-corrected chi connectivity index (χ4v) is 5.74. The maximum atomic E-state index is 12.7. The quantitative estimate of drug-likeness (QED) is 0.819. The van der Waals surface area contributed by atoms with Crippen LogP contribution in [0.25, 0.3) is 0 Å². The van der Waals surface area contributed by atoms with E-state index < -0.39 is 0 Å². The van der Waals surface area contributed by atoms with Gasteiger partial charge in [-0.05, 0) is 38.0 Å². The van der Waals surface area contributed by atoms with Crippen LogP contribution in [0.2, 0.25) is 0 Å². The number of hydrogen-bond acceptors (Lipinski definition) is 3. The summed E-state index contributed by atoms with van der Waals surface area (Å²) in [5.74, 6) is 1.14. The number of hydrogen-bond donors (Lipinski definition) is 1. The number of carbonyl (C=O) groups excluding carboxylic acids is 2. The molecule has 0 radical (unpaired) electrons. The molecule has 27 heavy (non-hydrogen) atoms. The van der Waals surface area contributed by atoms with Gasteiger partial charge in [0.15, 0.2) is 0 Å². The van der Waals surface area contributed by atoms with Crippen molar-refractivity contribution in [3.63, 3.8) is 0 Å². The van der Waals surface area contributed by atoms with E-state index in [1.807, 2.05) is 18.7 Å². The second-order valence-corrected chi connectivity index (χ2v) is 9.44. The Morgan fingerprint density at radius 1 is 1.07 bits per heavy atom. The summed E-state index contributed by atoms with van der Waals surface area (Å²) in [5.41, 5.74) is 0. The Morgan fingerprint density at radius 2 is 1.78 bits per heavy atom. The molecule has 3 amide bonds. The van der Waals surface area contributed by atoms with E-state index in [-0.39, 0.29) is 29.9 Å². The molecule has 3 aliphatic heterocycles. The van der Waals surface area contributed by atoms with Crippen LogP contribution in [0.15, 0.2) is 0 Å². The average Bonchev–Trinajstić information content (AvgIpc) is 3.28. The maximum absolute atomic E-state index is 12.7. The highest BCUT2D eigenvalue weighted by molar-refractivity contribution is 5.80. The van der Waals surface area contributed by atoms with Gasteiger partial charge in [0.25, 0.3) is 0 Å². The molecular formula is C21H36N4O2. The molecule has 6 heteroatoms. The third kappa shape index (κ3) is 3.96. The molecule has 4 fully saturated rings. The van der Waals surface area contributed by atoms with Gasteiger partial charge in [-0.1, -0.05) is 26.7 Å². The molecular weight excluding hydrogens is 340 g/mol. The van der Waals surface area contributed by atoms with Crippen LogP contribution in [0.5, 0.6) is 0 Å². The first kappa shape index (κ1) is 19.0. The van der Waals surface area contributed by atoms with Crippen molar-refractivity contribution in [1.82, 2.24) is 20.0 Å². The van der Waals surface area contributed by atoms with E-state index in [1.165, 1.54) is 32.2 Å². The van der Waals surface area contributed by atoms with Gasteiger partial charge >= 0.3 is 6.03 Å². The lowest BCUT2D eigenvalue weighted by atomic mass is 9.94. The van der Waals surface area contributed by atoms with Crippen LogP contribution >= 0.6 is 0 Å². The number of nitrogens with zero attached hydrogens (tertiary/aromatic N) is 3. The highest BCUT2D eigenvalue weighted by Crippen LogP contribution is 2.31. The van der Waals surface area contributed by atoms with Crippen molar-refractivity contribution in [1.29, 1.82) is 0 Å². The van der Waals surface area contributed by atoms with Crippen molar-refractivity contribution in [3.8, 4) is 0 Å². The van der Waals surface area contributed by atoms with Gasteiger partial charge in [-0.3, -0.25) is 4.79 Å². The van der Waals surface area contributed by atoms with Crippen molar-refractivity contribution in [2.45, 2.75) is 76.9 Å². The van der Waals surface area contributed by atoms with Gasteiger partial charge in [0.05, 0.1) is 12.1 Å². The van der Waals surface area contributed by atoms with Crippen LogP contribution < -0.4 is 5.32 Å². The highest BCUT2D eigenvalue weighted by Gasteiger charge is 2.46. The Morgan fingerprint density at radius 3 is 2.44 bits per heavy atom. The van der Waals surface area contributed by atoms with Gasteiger partial charge in [0, 0.05) is 44.7 Å². The third-order valence-corrected chi connectivity index (χ3v) is 7.22. The Kier molecular flexibility index (Phi) is 5.62. The first-order chi connectivity index (χ1) is 13.0. The second-order valence-electron chi connectivity index (χ2n) is 9.44. The Hall–Kier alpha value is -1.30. The predicted octanol–water partition coefficient (Wildman–Crippen LogP) is 2.29. The van der Waals surface area contributed by atoms with E-state index in [0.717, 1.165) is 44.8 Å². The van der Waals surface area contributed by atoms with Gasteiger partial charge in [-0.2, -0.15) is 0 Å². The van der Waals surface area contributed by atoms with Crippen LogP contribution in [0.3, 0.4) is 0 Å². The number of nitrogens with one attached hydrogen (secondary N) is 1. The summed E-state index contributed by atoms with van der Waals surface area (Å²) in [6.07, 6.45) is 8.73. The van der Waals surface area contributed by atoms with Crippen LogP contribution in [-0.4, -0.2) is 77.5 Å². The lowest BCUT2D eigenvalue weighted by Gasteiger charge is -2.42. The number of fused-ring (bicyclic) bond motifs is 1. The Bertz CT molecular complexity index is 552. The molecule has 0 aromatic rings. The van der Waals surface area contributed by atoms with Gasteiger partial charge in [-0.25, -0.2) is 4.79 Å². The molecule has 1 aliphatic carbocycles. The number of piperidine rings is 2. The first-order valence-corrected chi connectivity index (χ1v) is 11.1. The number of carbonyl (C=O) groups is 2. The zero-order valence-electron chi connectivity index (χ0n) is 17.0. The second kappa shape index (κ2) is 7.98. The molecule has 2 unspecified atom stereocenters. The predicted molar refractivity (Wildman–Crippen MR) is 105 cm³/mol. The fourth-order valence-electron chi connectivity index (χ4n) is 5.74. The van der Waals surface area contributed by atoms with E-state index in [1.54, 1.807) is 0 Å². The molecule has 0 bridgehead atoms. The normalized spacial score (nSPS) is 30.9. The minimum Gasteiger partial charge on any atom is -0.340 e. The first-order valence-electron chi connectivity index (χ1n) is 11.1. The minimum absolute atomic E-state index is 0.0268. The number of likely N-dealkylation sites (tertiary alicyclic amines) is 2. The summed E-state index contributed by atoms with van der Waals surface area (Å²) in [4.78, 5) is 31.8. The zero-order chi connectivity index (χ0) is 19.0. The van der Waals surface area contributed by atoms with Crippen molar-refractivity contribution in [2.75, 3.05) is 32.7 Å². The topological polar surface area (TPSA) is 55.9 Å². The van der Waals surface area contributed by atoms with Crippen molar-refractivity contribution < 1.29 is 9.59 Å². The third-order valence-electron chi connectivity index (χ3n) is 7.22. The molecule has 1 saturated carbocycles. The molecule has 2 atom stereocenters. The van der Waals surface area contributed by atoms with Crippen LogP contribution in [0, 0.1) is 11.8 Å². The van der Waals surface area contributed by atoms with Gasteiger partial charge in [0.1, 0.15) is 0 Å². The molecule has 3 saturated heterocycles. The van der Waals surface area contributed by atoms with Crippen LogP contribution in [0.1, 0.15) is 58.8 Å². The van der Waals surface area contributed by atoms with Crippen molar-refractivity contribution in [3.05, 3.63) is 0 Å². The van der Waals surface area contributed by atoms with Gasteiger partial charge in [0.2, 0.25) is 5.91 Å². The largest absolute Gasteiger partial charge is 0.340 e. The van der Waals surface area contributed by atoms with Crippen LogP contribution in [-0.2, 0) is 4.79 Å². The molecule has 4 aliphatic rings. The summed E-state index contributed by atoms with van der Waals surface area (Å²) in [6, 6.07) is 0.829. The van der Waals surface area contributed by atoms with Gasteiger partial charge < -0.3 is 20.0 Å². The molecule has 4 rings (SSSR count). The maximum Gasteiger partial charge on any atom is 0.318 e. The molecule has 1 N–H and O–H groups in total. The van der Waals surface area contributed by atoms with E-state index >= 15 is 0 Å². The van der Waals surface area contributed by atoms with E-state index in [4.69, 9.17) is 0 Å². The van der Waals surface area contributed by atoms with Crippen molar-refractivity contribution in [2.24, 2.45) is 11.8 Å². The van der Waals surface area contributed by atoms with Gasteiger partial charge in [-0.15, -0.1) is 0 Å². The van der Waals surface area contributed by atoms with Crippen molar-refractivity contribution >= 4 is 11.9 Å². The van der Waals surface area contributed by atoms with E-state index in [2.05, 4.69) is 15.1 Å². The SMILES string of the molecule is CC(C)C(=O)N1CCC2C(C1)NC(=O)N2C1CCN(CC2CCCC2)CC1. The summed E-state index contributed by atoms with van der Waals surface area (Å²) in [7, 11) is 0. The Balaban J connectivity index is 1.31. The van der Waals surface area contributed by atoms with E-state index in [9.17, 15) is 9.59 Å². The molecule has 152 valence electrons. The fraction of sp³-hybridized carbons (Fsp3) is 0.905. The number of urea groups is 1. The molecule has 0 spiro atoms. The number of rotatable bonds is 4.